The molecule has 1 aliphatic rings. The lowest BCUT2D eigenvalue weighted by Crippen LogP contribution is -2.25. The molecule has 4 aromatic heterocycles. The Morgan fingerprint density at radius 2 is 2.00 bits per heavy atom. The molecule has 0 unspecified atom stereocenters. The summed E-state index contributed by atoms with van der Waals surface area (Å²) in [5.41, 5.74) is 2.91. The normalized spacial score (nSPS) is 14.7. The zero-order valence-corrected chi connectivity index (χ0v) is 19.8. The maximum absolute atomic E-state index is 13.3. The van der Waals surface area contributed by atoms with Gasteiger partial charge in [-0.05, 0) is 47.2 Å². The minimum Gasteiger partial charge on any atom is -0.331 e. The fourth-order valence-electron chi connectivity index (χ4n) is 4.40. The van der Waals surface area contributed by atoms with E-state index >= 15 is 0 Å². The first-order valence-corrected chi connectivity index (χ1v) is 11.6. The number of pyridine rings is 1. The van der Waals surface area contributed by atoms with Crippen molar-refractivity contribution in [2.75, 3.05) is 0 Å². The summed E-state index contributed by atoms with van der Waals surface area (Å²) in [5, 5.41) is 12.1. The lowest BCUT2D eigenvalue weighted by molar-refractivity contribution is 0.111. The molecule has 0 saturated carbocycles. The predicted octanol–water partition coefficient (Wildman–Crippen LogP) is 3.33. The topological polar surface area (TPSA) is 137 Å². The van der Waals surface area contributed by atoms with Crippen molar-refractivity contribution in [1.82, 2.24) is 44.7 Å². The van der Waals surface area contributed by atoms with Crippen molar-refractivity contribution in [3.63, 3.8) is 0 Å². The molecular weight excluding hydrogens is 505 g/mol. The Hall–Kier alpha value is -4.22. The molecule has 0 bridgehead atoms. The number of aromatic nitrogens is 9. The fraction of sp³-hybridized carbons (Fsp3) is 0.130. The van der Waals surface area contributed by atoms with Crippen LogP contribution in [0.3, 0.4) is 0 Å². The summed E-state index contributed by atoms with van der Waals surface area (Å²) < 4.78 is 3.11. The molecule has 1 aliphatic heterocycles. The molecule has 0 spiro atoms. The van der Waals surface area contributed by atoms with Gasteiger partial charge < -0.3 is 4.98 Å². The van der Waals surface area contributed by atoms with Crippen LogP contribution in [-0.4, -0.2) is 51.0 Å². The molecule has 0 amide bonds. The second-order valence-corrected chi connectivity index (χ2v) is 8.92. The summed E-state index contributed by atoms with van der Waals surface area (Å²) in [5.74, 6) is 1.15. The van der Waals surface area contributed by atoms with Crippen LogP contribution >= 0.6 is 23.2 Å². The molecule has 178 valence electrons. The van der Waals surface area contributed by atoms with Crippen molar-refractivity contribution in [3.8, 4) is 28.2 Å². The average Bonchev–Trinajstić information content (AvgIpc) is 3.64. The number of halogens is 2. The summed E-state index contributed by atoms with van der Waals surface area (Å²) in [6.45, 7) is 0. The third-order valence-electron chi connectivity index (χ3n) is 5.98. The van der Waals surface area contributed by atoms with Crippen molar-refractivity contribution in [2.24, 2.45) is 0 Å². The molecule has 5 aromatic rings. The fourth-order valence-corrected chi connectivity index (χ4v) is 4.82. The first kappa shape index (κ1) is 22.3. The van der Waals surface area contributed by atoms with Gasteiger partial charge in [0.15, 0.2) is 6.29 Å². The van der Waals surface area contributed by atoms with Crippen LogP contribution in [0, 0.1) is 0 Å². The standard InChI is InChI=1S/C23H15Cl2N9O2/c24-13-1-2-17(33-11-27-31-32-33)15(8-13)16-9-20(36)34-18(3-4-19(34)28-16)23-29-21(22(25)30-23)12-5-6-26-14(7-12)10-35/h1-2,5-11,18H,3-4H2,(H,29,30)/t18-/m0/s1. The van der Waals surface area contributed by atoms with Gasteiger partial charge in [-0.15, -0.1) is 5.10 Å². The molecule has 11 nitrogen and oxygen atoms in total. The van der Waals surface area contributed by atoms with E-state index in [9.17, 15) is 9.59 Å². The summed E-state index contributed by atoms with van der Waals surface area (Å²) >= 11 is 12.7. The zero-order chi connectivity index (χ0) is 24.8. The van der Waals surface area contributed by atoms with Gasteiger partial charge in [-0.2, -0.15) is 4.68 Å². The molecule has 1 atom stereocenters. The number of carbonyl (C=O) groups is 1. The van der Waals surface area contributed by atoms with E-state index in [1.807, 2.05) is 0 Å². The Bertz CT molecular complexity index is 1680. The van der Waals surface area contributed by atoms with E-state index in [0.717, 1.165) is 0 Å². The highest BCUT2D eigenvalue weighted by atomic mass is 35.5. The van der Waals surface area contributed by atoms with Crippen LogP contribution in [0.15, 0.2) is 53.7 Å². The van der Waals surface area contributed by atoms with E-state index in [1.54, 1.807) is 34.9 Å². The minimum atomic E-state index is -0.369. The SMILES string of the molecule is O=Cc1cc(-c2nc([C@@H]3CCc4nc(-c5cc(Cl)ccc5-n5cnnn5)cc(=O)n43)[nH]c2Cl)ccn1. The van der Waals surface area contributed by atoms with Crippen LogP contribution in [0.2, 0.25) is 10.2 Å². The van der Waals surface area contributed by atoms with Crippen LogP contribution in [0.4, 0.5) is 0 Å². The Labute approximate surface area is 212 Å². The number of aryl methyl sites for hydroxylation is 1. The number of hydrogen-bond acceptors (Lipinski definition) is 8. The Morgan fingerprint density at radius 3 is 2.81 bits per heavy atom. The van der Waals surface area contributed by atoms with E-state index in [1.165, 1.54) is 23.3 Å². The number of aromatic amines is 1. The van der Waals surface area contributed by atoms with Crippen LogP contribution in [0.1, 0.15) is 34.6 Å². The van der Waals surface area contributed by atoms with E-state index < -0.39 is 0 Å². The number of carbonyl (C=O) groups excluding carboxylic acids is 1. The first-order valence-electron chi connectivity index (χ1n) is 10.8. The highest BCUT2D eigenvalue weighted by Crippen LogP contribution is 2.34. The number of benzene rings is 1. The largest absolute Gasteiger partial charge is 0.331 e. The number of tetrazole rings is 1. The van der Waals surface area contributed by atoms with E-state index in [-0.39, 0.29) is 17.3 Å². The number of rotatable bonds is 5. The lowest BCUT2D eigenvalue weighted by Gasteiger charge is -2.14. The molecule has 36 heavy (non-hydrogen) atoms. The molecule has 0 saturated heterocycles. The van der Waals surface area contributed by atoms with Gasteiger partial charge in [-0.1, -0.05) is 23.2 Å². The summed E-state index contributed by atoms with van der Waals surface area (Å²) in [4.78, 5) is 41.0. The molecular formula is C23H15Cl2N9O2. The smallest absolute Gasteiger partial charge is 0.254 e. The number of imidazole rings is 1. The van der Waals surface area contributed by atoms with E-state index in [2.05, 4.69) is 30.5 Å². The zero-order valence-electron chi connectivity index (χ0n) is 18.3. The predicted molar refractivity (Wildman–Crippen MR) is 130 cm³/mol. The van der Waals surface area contributed by atoms with E-state index in [4.69, 9.17) is 28.2 Å². The second kappa shape index (κ2) is 8.77. The van der Waals surface area contributed by atoms with Crippen LogP contribution in [0.25, 0.3) is 28.2 Å². The summed E-state index contributed by atoms with van der Waals surface area (Å²) in [6.07, 6.45) is 4.81. The van der Waals surface area contributed by atoms with Crippen LogP contribution in [-0.2, 0) is 6.42 Å². The van der Waals surface area contributed by atoms with E-state index in [0.29, 0.717) is 69.2 Å². The maximum Gasteiger partial charge on any atom is 0.254 e. The first-order chi connectivity index (χ1) is 17.5. The average molecular weight is 520 g/mol. The van der Waals surface area contributed by atoms with Gasteiger partial charge in [0, 0.05) is 34.8 Å². The lowest BCUT2D eigenvalue weighted by atomic mass is 10.1. The number of nitrogens with one attached hydrogen (secondary N) is 1. The van der Waals surface area contributed by atoms with Gasteiger partial charge in [0.2, 0.25) is 0 Å². The number of nitrogens with zero attached hydrogens (tertiary/aromatic N) is 8. The van der Waals surface area contributed by atoms with Crippen LogP contribution < -0.4 is 5.56 Å². The summed E-state index contributed by atoms with van der Waals surface area (Å²) in [7, 11) is 0. The van der Waals surface area contributed by atoms with Gasteiger partial charge in [-0.25, -0.2) is 9.97 Å². The Kier molecular flexibility index (Phi) is 5.42. The quantitative estimate of drug-likeness (QED) is 0.349. The third kappa shape index (κ3) is 3.78. The van der Waals surface area contributed by atoms with Gasteiger partial charge in [0.1, 0.15) is 34.5 Å². The summed E-state index contributed by atoms with van der Waals surface area (Å²) in [6, 6.07) is 9.63. The number of fused-ring (bicyclic) bond motifs is 1. The van der Waals surface area contributed by atoms with Crippen LogP contribution in [0.5, 0.6) is 0 Å². The second-order valence-electron chi connectivity index (χ2n) is 8.11. The molecule has 0 aliphatic carbocycles. The molecule has 0 fully saturated rings. The van der Waals surface area contributed by atoms with Gasteiger partial charge in [0.25, 0.3) is 5.56 Å². The molecule has 0 radical (unpaired) electrons. The van der Waals surface area contributed by atoms with Gasteiger partial charge in [0.05, 0.1) is 17.4 Å². The molecule has 6 rings (SSSR count). The third-order valence-corrected chi connectivity index (χ3v) is 6.49. The Morgan fingerprint density at radius 1 is 1.11 bits per heavy atom. The van der Waals surface area contributed by atoms with Crippen molar-refractivity contribution in [3.05, 3.63) is 86.8 Å². The Balaban J connectivity index is 1.40. The minimum absolute atomic E-state index is 0.235. The van der Waals surface area contributed by atoms with Crippen molar-refractivity contribution in [2.45, 2.75) is 18.9 Å². The van der Waals surface area contributed by atoms with Gasteiger partial charge >= 0.3 is 0 Å². The number of hydrogen-bond donors (Lipinski definition) is 1. The van der Waals surface area contributed by atoms with Crippen molar-refractivity contribution < 1.29 is 4.79 Å². The highest BCUT2D eigenvalue weighted by Gasteiger charge is 2.30. The number of aldehydes is 1. The molecule has 5 heterocycles. The number of H-pyrrole nitrogens is 1. The maximum atomic E-state index is 13.3. The molecule has 13 heteroatoms. The monoisotopic (exact) mass is 519 g/mol. The van der Waals surface area contributed by atoms with Gasteiger partial charge in [-0.3, -0.25) is 19.1 Å². The van der Waals surface area contributed by atoms with Crippen molar-refractivity contribution in [1.29, 1.82) is 0 Å². The molecule has 1 N–H and O–H groups in total. The highest BCUT2D eigenvalue weighted by molar-refractivity contribution is 6.32. The molecule has 1 aromatic carbocycles. The van der Waals surface area contributed by atoms with Crippen molar-refractivity contribution >= 4 is 29.5 Å².